The number of benzene rings is 2. The van der Waals surface area contributed by atoms with Gasteiger partial charge in [-0.2, -0.15) is 0 Å². The van der Waals surface area contributed by atoms with Gasteiger partial charge in [-0.3, -0.25) is 14.2 Å². The van der Waals surface area contributed by atoms with Gasteiger partial charge in [-0.25, -0.2) is 4.99 Å². The van der Waals surface area contributed by atoms with Crippen LogP contribution < -0.4 is 24.5 Å². The molecule has 0 spiro atoms. The van der Waals surface area contributed by atoms with E-state index in [4.69, 9.17) is 4.74 Å². The van der Waals surface area contributed by atoms with Crippen LogP contribution in [0, 0.1) is 0 Å². The Bertz CT molecular complexity index is 1190. The predicted molar refractivity (Wildman–Crippen MR) is 110 cm³/mol. The first-order valence-corrected chi connectivity index (χ1v) is 9.62. The number of methoxy groups -OCH3 is 1. The maximum Gasteiger partial charge on any atom is 0.271 e. The average Bonchev–Trinajstić information content (AvgIpc) is 3.03. The maximum atomic E-state index is 12.8. The van der Waals surface area contributed by atoms with E-state index >= 15 is 0 Å². The van der Waals surface area contributed by atoms with Crippen LogP contribution in [0.1, 0.15) is 22.8 Å². The summed E-state index contributed by atoms with van der Waals surface area (Å²) in [7, 11) is 1.62. The van der Waals surface area contributed by atoms with E-state index in [0.29, 0.717) is 23.4 Å². The molecule has 6 nitrogen and oxygen atoms in total. The molecule has 0 unspecified atom stereocenters. The van der Waals surface area contributed by atoms with Gasteiger partial charge in [0.2, 0.25) is 0 Å². The van der Waals surface area contributed by atoms with Gasteiger partial charge in [0.05, 0.1) is 11.6 Å². The Kier molecular flexibility index (Phi) is 4.83. The average molecular weight is 393 g/mol. The van der Waals surface area contributed by atoms with Crippen molar-refractivity contribution in [1.82, 2.24) is 4.57 Å². The van der Waals surface area contributed by atoms with E-state index in [1.807, 2.05) is 47.4 Å². The summed E-state index contributed by atoms with van der Waals surface area (Å²) in [4.78, 5) is 31.6. The summed E-state index contributed by atoms with van der Waals surface area (Å²) < 4.78 is 7.50. The lowest BCUT2D eigenvalue weighted by Gasteiger charge is -2.25. The van der Waals surface area contributed by atoms with Crippen LogP contribution in [0.15, 0.2) is 58.3 Å². The number of fused-ring (bicyclic) bond motifs is 1. The molecule has 4 rings (SSSR count). The lowest BCUT2D eigenvalue weighted by molar-refractivity contribution is 0.101. The van der Waals surface area contributed by atoms with Gasteiger partial charge in [-0.05, 0) is 55.0 Å². The number of nitrogens with zero attached hydrogens (tertiary/aromatic N) is 3. The molecule has 0 fully saturated rings. The number of aromatic nitrogens is 1. The van der Waals surface area contributed by atoms with E-state index in [1.54, 1.807) is 30.7 Å². The zero-order chi connectivity index (χ0) is 19.7. The van der Waals surface area contributed by atoms with Crippen LogP contribution in [0.3, 0.4) is 0 Å². The molecule has 142 valence electrons. The molecule has 7 heteroatoms. The van der Waals surface area contributed by atoms with Gasteiger partial charge in [-0.15, -0.1) is 0 Å². The summed E-state index contributed by atoms with van der Waals surface area (Å²) in [5.41, 5.74) is 2.49. The van der Waals surface area contributed by atoms with Crippen molar-refractivity contribution in [2.45, 2.75) is 13.6 Å². The Labute approximate surface area is 165 Å². The van der Waals surface area contributed by atoms with Gasteiger partial charge in [-0.1, -0.05) is 23.5 Å². The summed E-state index contributed by atoms with van der Waals surface area (Å²) in [6, 6.07) is 14.9. The van der Waals surface area contributed by atoms with Crippen molar-refractivity contribution < 1.29 is 9.53 Å². The predicted octanol–water partition coefficient (Wildman–Crippen LogP) is 2.00. The van der Waals surface area contributed by atoms with Crippen LogP contribution >= 0.6 is 11.3 Å². The quantitative estimate of drug-likeness (QED) is 0.636. The van der Waals surface area contributed by atoms with E-state index in [9.17, 15) is 9.59 Å². The molecule has 28 heavy (non-hydrogen) atoms. The molecule has 1 aliphatic heterocycles. The fourth-order valence-electron chi connectivity index (χ4n) is 3.03. The molecule has 0 amide bonds. The Morgan fingerprint density at radius 2 is 1.86 bits per heavy atom. The highest BCUT2D eigenvalue weighted by Gasteiger charge is 2.16. The molecule has 0 N–H and O–H groups in total. The molecular formula is C21H19N3O3S. The Hall–Kier alpha value is -3.19. The zero-order valence-corrected chi connectivity index (χ0v) is 16.4. The first-order chi connectivity index (χ1) is 13.5. The van der Waals surface area contributed by atoms with Crippen LogP contribution in [0.4, 0.5) is 5.69 Å². The molecular weight excluding hydrogens is 374 g/mol. The SMILES string of the molecule is COc1ccc(/C=c2\sc3n(c2=O)CN(c2ccc(C(C)=O)cc2)CN=3)cc1. The van der Waals surface area contributed by atoms with Crippen molar-refractivity contribution in [2.24, 2.45) is 4.99 Å². The Morgan fingerprint density at radius 3 is 2.50 bits per heavy atom. The third-order valence-electron chi connectivity index (χ3n) is 4.63. The van der Waals surface area contributed by atoms with Gasteiger partial charge in [0.25, 0.3) is 5.56 Å². The summed E-state index contributed by atoms with van der Waals surface area (Å²) in [5, 5.41) is 0. The monoisotopic (exact) mass is 393 g/mol. The van der Waals surface area contributed by atoms with Crippen LogP contribution in [0.25, 0.3) is 6.08 Å². The van der Waals surface area contributed by atoms with Crippen molar-refractivity contribution in [3.63, 3.8) is 0 Å². The molecule has 1 aliphatic rings. The fraction of sp³-hybridized carbons (Fsp3) is 0.190. The zero-order valence-electron chi connectivity index (χ0n) is 15.6. The number of rotatable bonds is 4. The molecule has 0 radical (unpaired) electrons. The number of hydrogen-bond donors (Lipinski definition) is 0. The number of thiazole rings is 1. The number of ether oxygens (including phenoxy) is 1. The molecule has 2 heterocycles. The second kappa shape index (κ2) is 7.44. The normalized spacial score (nSPS) is 13.8. The highest BCUT2D eigenvalue weighted by atomic mass is 32.1. The number of hydrogen-bond acceptors (Lipinski definition) is 6. The first kappa shape index (κ1) is 18.2. The summed E-state index contributed by atoms with van der Waals surface area (Å²) >= 11 is 1.40. The van der Waals surface area contributed by atoms with Crippen LogP contribution in [-0.2, 0) is 6.67 Å². The van der Waals surface area contributed by atoms with E-state index in [-0.39, 0.29) is 11.3 Å². The standard InChI is InChI=1S/C21H19N3O3S/c1-14(25)16-5-7-17(8-6-16)23-12-22-21-24(13-23)20(26)19(28-21)11-15-3-9-18(27-2)10-4-15/h3-11H,12-13H2,1-2H3/b19-11-. The van der Waals surface area contributed by atoms with E-state index in [2.05, 4.69) is 4.99 Å². The number of ketones is 1. The number of Topliss-reactive ketones (excluding diaryl/α,β-unsaturated/α-hetero) is 1. The van der Waals surface area contributed by atoms with Gasteiger partial charge in [0.15, 0.2) is 10.6 Å². The largest absolute Gasteiger partial charge is 0.497 e. The third-order valence-corrected chi connectivity index (χ3v) is 5.67. The van der Waals surface area contributed by atoms with Gasteiger partial charge >= 0.3 is 0 Å². The summed E-state index contributed by atoms with van der Waals surface area (Å²) in [6.07, 6.45) is 1.87. The Balaban J connectivity index is 1.63. The molecule has 0 bridgehead atoms. The van der Waals surface area contributed by atoms with Crippen molar-refractivity contribution >= 4 is 28.9 Å². The van der Waals surface area contributed by atoms with Crippen molar-refractivity contribution in [3.8, 4) is 5.75 Å². The van der Waals surface area contributed by atoms with Gasteiger partial charge in [0.1, 0.15) is 19.1 Å². The molecule has 0 saturated heterocycles. The molecule has 2 aromatic carbocycles. The van der Waals surface area contributed by atoms with Crippen molar-refractivity contribution in [1.29, 1.82) is 0 Å². The lowest BCUT2D eigenvalue weighted by atomic mass is 10.1. The number of carbonyl (C=O) groups excluding carboxylic acids is 1. The first-order valence-electron chi connectivity index (χ1n) is 8.81. The van der Waals surface area contributed by atoms with E-state index in [1.165, 1.54) is 11.3 Å². The van der Waals surface area contributed by atoms with Crippen molar-refractivity contribution in [3.05, 3.63) is 79.3 Å². The summed E-state index contributed by atoms with van der Waals surface area (Å²) in [6.45, 7) is 2.45. The minimum absolute atomic E-state index is 0.0323. The Morgan fingerprint density at radius 1 is 1.14 bits per heavy atom. The molecule has 1 aromatic heterocycles. The van der Waals surface area contributed by atoms with Gasteiger partial charge < -0.3 is 9.64 Å². The second-order valence-electron chi connectivity index (χ2n) is 6.48. The van der Waals surface area contributed by atoms with E-state index < -0.39 is 0 Å². The highest BCUT2D eigenvalue weighted by Crippen LogP contribution is 2.17. The van der Waals surface area contributed by atoms with Crippen LogP contribution in [0.5, 0.6) is 5.75 Å². The lowest BCUT2D eigenvalue weighted by Crippen LogP contribution is -2.42. The second-order valence-corrected chi connectivity index (χ2v) is 7.49. The topological polar surface area (TPSA) is 63.9 Å². The minimum Gasteiger partial charge on any atom is -0.497 e. The molecule has 0 aliphatic carbocycles. The fourth-order valence-corrected chi connectivity index (χ4v) is 4.00. The smallest absolute Gasteiger partial charge is 0.271 e. The van der Waals surface area contributed by atoms with Crippen molar-refractivity contribution in [2.75, 3.05) is 18.7 Å². The number of anilines is 1. The summed E-state index contributed by atoms with van der Waals surface area (Å²) in [5.74, 6) is 0.811. The molecule has 0 atom stereocenters. The molecule has 3 aromatic rings. The van der Waals surface area contributed by atoms with Gasteiger partial charge in [0, 0.05) is 11.3 Å². The number of carbonyl (C=O) groups is 1. The third kappa shape index (κ3) is 3.48. The minimum atomic E-state index is -0.0513. The van der Waals surface area contributed by atoms with Crippen LogP contribution in [0.2, 0.25) is 0 Å². The molecule has 0 saturated carbocycles. The van der Waals surface area contributed by atoms with Crippen LogP contribution in [-0.4, -0.2) is 24.1 Å². The van der Waals surface area contributed by atoms with E-state index in [0.717, 1.165) is 21.8 Å². The highest BCUT2D eigenvalue weighted by molar-refractivity contribution is 7.07. The maximum absolute atomic E-state index is 12.8.